The minimum atomic E-state index is 0. The van der Waals surface area contributed by atoms with E-state index in [0.29, 0.717) is 5.54 Å². The smallest absolute Gasteiger partial charge is 0.0162 e. The molecule has 0 aromatic rings. The molecule has 0 saturated heterocycles. The van der Waals surface area contributed by atoms with Crippen LogP contribution in [0.4, 0.5) is 0 Å². The Morgan fingerprint density at radius 1 is 0.833 bits per heavy atom. The third kappa shape index (κ3) is 1.09. The maximum absolute atomic E-state index is 6.32. The Morgan fingerprint density at radius 2 is 1.17 bits per heavy atom. The average Bonchev–Trinajstić information content (AvgIpc) is 1.79. The van der Waals surface area contributed by atoms with Crippen LogP contribution in [0.5, 0.6) is 0 Å². The van der Waals surface area contributed by atoms with Gasteiger partial charge in [-0.05, 0) is 56.3 Å². The largest absolute Gasteiger partial charge is 0.412 e. The van der Waals surface area contributed by atoms with E-state index in [0.717, 1.165) is 17.8 Å². The molecule has 4 bridgehead atoms. The Kier molecular flexibility index (Phi) is 1.74. The van der Waals surface area contributed by atoms with Gasteiger partial charge in [-0.1, -0.05) is 0 Å². The standard InChI is InChI=1S/C10H17N.H2O/c11-10-4-7-1-8(5-10)3-9(2-7)6-10;/h7-9H,1-6,11H2;1H2. The molecular formula is C10H19NO. The Labute approximate surface area is 73.8 Å². The summed E-state index contributed by atoms with van der Waals surface area (Å²) >= 11 is 0. The Balaban J connectivity index is 0.000000563. The van der Waals surface area contributed by atoms with E-state index >= 15 is 0 Å². The lowest BCUT2D eigenvalue weighted by Gasteiger charge is -2.55. The number of nitrogens with two attached hydrogens (primary N) is 1. The zero-order valence-corrected chi connectivity index (χ0v) is 7.55. The van der Waals surface area contributed by atoms with E-state index in [1.807, 2.05) is 0 Å². The fourth-order valence-corrected chi connectivity index (χ4v) is 4.18. The first kappa shape index (κ1) is 8.52. The van der Waals surface area contributed by atoms with Crippen LogP contribution in [0.25, 0.3) is 0 Å². The first-order chi connectivity index (χ1) is 5.23. The van der Waals surface area contributed by atoms with Gasteiger partial charge < -0.3 is 11.2 Å². The zero-order chi connectivity index (χ0) is 7.47. The molecule has 70 valence electrons. The van der Waals surface area contributed by atoms with Gasteiger partial charge in [-0.15, -0.1) is 0 Å². The molecule has 0 heterocycles. The third-order valence-electron chi connectivity index (χ3n) is 4.09. The molecule has 0 spiro atoms. The van der Waals surface area contributed by atoms with E-state index in [9.17, 15) is 0 Å². The first-order valence-corrected chi connectivity index (χ1v) is 5.02. The van der Waals surface area contributed by atoms with Gasteiger partial charge in [0.05, 0.1) is 0 Å². The minimum Gasteiger partial charge on any atom is -0.412 e. The molecule has 2 nitrogen and oxygen atoms in total. The fraction of sp³-hybridized carbons (Fsp3) is 1.00. The lowest BCUT2D eigenvalue weighted by atomic mass is 9.53. The molecule has 4 N–H and O–H groups in total. The molecule has 4 rings (SSSR count). The van der Waals surface area contributed by atoms with Crippen LogP contribution in [-0.2, 0) is 0 Å². The van der Waals surface area contributed by atoms with Crippen molar-refractivity contribution >= 4 is 0 Å². The molecule has 0 aromatic carbocycles. The predicted octanol–water partition coefficient (Wildman–Crippen LogP) is 1.09. The van der Waals surface area contributed by atoms with Crippen LogP contribution in [0.2, 0.25) is 0 Å². The lowest BCUT2D eigenvalue weighted by Crippen LogP contribution is -2.55. The van der Waals surface area contributed by atoms with Gasteiger partial charge in [0, 0.05) is 5.54 Å². The molecule has 4 aliphatic carbocycles. The van der Waals surface area contributed by atoms with Crippen LogP contribution in [0.3, 0.4) is 0 Å². The van der Waals surface area contributed by atoms with Crippen LogP contribution < -0.4 is 5.73 Å². The van der Waals surface area contributed by atoms with E-state index in [-0.39, 0.29) is 5.48 Å². The molecule has 4 fully saturated rings. The van der Waals surface area contributed by atoms with E-state index in [1.165, 1.54) is 38.5 Å². The number of hydrogen-bond acceptors (Lipinski definition) is 1. The monoisotopic (exact) mass is 169 g/mol. The van der Waals surface area contributed by atoms with Crippen molar-refractivity contribution in [3.8, 4) is 0 Å². The quantitative estimate of drug-likeness (QED) is 0.579. The zero-order valence-electron chi connectivity index (χ0n) is 7.55. The van der Waals surface area contributed by atoms with E-state index in [2.05, 4.69) is 0 Å². The second-order valence-corrected chi connectivity index (χ2v) is 5.28. The molecule has 0 aliphatic heterocycles. The lowest BCUT2D eigenvalue weighted by molar-refractivity contribution is 0.000365. The first-order valence-electron chi connectivity index (χ1n) is 5.02. The number of hydrogen-bond donors (Lipinski definition) is 1. The molecule has 4 aliphatic rings. The van der Waals surface area contributed by atoms with Gasteiger partial charge in [-0.25, -0.2) is 0 Å². The van der Waals surface area contributed by atoms with Crippen LogP contribution in [0.1, 0.15) is 38.5 Å². The molecule has 2 heteroatoms. The van der Waals surface area contributed by atoms with Crippen LogP contribution in [0, 0.1) is 17.8 Å². The summed E-state index contributed by atoms with van der Waals surface area (Å²) in [5.41, 5.74) is 6.62. The summed E-state index contributed by atoms with van der Waals surface area (Å²) in [6.45, 7) is 0. The molecule has 4 saturated carbocycles. The molecule has 0 radical (unpaired) electrons. The van der Waals surface area contributed by atoms with Gasteiger partial charge >= 0.3 is 0 Å². The van der Waals surface area contributed by atoms with Gasteiger partial charge in [0.15, 0.2) is 0 Å². The summed E-state index contributed by atoms with van der Waals surface area (Å²) in [7, 11) is 0. The molecule has 0 unspecified atom stereocenters. The van der Waals surface area contributed by atoms with Crippen LogP contribution in [-0.4, -0.2) is 11.0 Å². The average molecular weight is 169 g/mol. The molecule has 0 atom stereocenters. The van der Waals surface area contributed by atoms with Crippen molar-refractivity contribution in [2.75, 3.05) is 0 Å². The van der Waals surface area contributed by atoms with E-state index < -0.39 is 0 Å². The van der Waals surface area contributed by atoms with Crippen molar-refractivity contribution in [1.29, 1.82) is 0 Å². The second-order valence-electron chi connectivity index (χ2n) is 5.28. The topological polar surface area (TPSA) is 57.5 Å². The highest BCUT2D eigenvalue weighted by atomic mass is 16.0. The van der Waals surface area contributed by atoms with Crippen molar-refractivity contribution in [3.63, 3.8) is 0 Å². The normalized spacial score (nSPS) is 55.2. The minimum absolute atomic E-state index is 0. The highest BCUT2D eigenvalue weighted by Crippen LogP contribution is 2.54. The summed E-state index contributed by atoms with van der Waals surface area (Å²) in [5, 5.41) is 0. The predicted molar refractivity (Wildman–Crippen MR) is 48.7 cm³/mol. The summed E-state index contributed by atoms with van der Waals surface area (Å²) in [6.07, 6.45) is 8.57. The summed E-state index contributed by atoms with van der Waals surface area (Å²) in [6, 6.07) is 0. The Hall–Kier alpha value is -0.0800. The molecular weight excluding hydrogens is 150 g/mol. The van der Waals surface area contributed by atoms with Gasteiger partial charge in [-0.3, -0.25) is 0 Å². The summed E-state index contributed by atoms with van der Waals surface area (Å²) in [5.74, 6) is 3.06. The van der Waals surface area contributed by atoms with Gasteiger partial charge in [-0.2, -0.15) is 0 Å². The van der Waals surface area contributed by atoms with Crippen LogP contribution in [0.15, 0.2) is 0 Å². The van der Waals surface area contributed by atoms with Crippen molar-refractivity contribution in [1.82, 2.24) is 0 Å². The molecule has 12 heavy (non-hydrogen) atoms. The van der Waals surface area contributed by atoms with Gasteiger partial charge in [0.25, 0.3) is 0 Å². The van der Waals surface area contributed by atoms with Crippen molar-refractivity contribution in [2.24, 2.45) is 23.5 Å². The Bertz CT molecular complexity index is 155. The fourth-order valence-electron chi connectivity index (χ4n) is 4.18. The highest BCUT2D eigenvalue weighted by Gasteiger charge is 2.48. The van der Waals surface area contributed by atoms with Crippen LogP contribution >= 0.6 is 0 Å². The molecule has 0 aromatic heterocycles. The number of rotatable bonds is 0. The van der Waals surface area contributed by atoms with Gasteiger partial charge in [0.1, 0.15) is 0 Å². The maximum Gasteiger partial charge on any atom is 0.0162 e. The second kappa shape index (κ2) is 2.46. The van der Waals surface area contributed by atoms with E-state index in [4.69, 9.17) is 5.73 Å². The summed E-state index contributed by atoms with van der Waals surface area (Å²) in [4.78, 5) is 0. The van der Waals surface area contributed by atoms with Crippen molar-refractivity contribution in [2.45, 2.75) is 44.1 Å². The van der Waals surface area contributed by atoms with E-state index in [1.54, 1.807) is 0 Å². The Morgan fingerprint density at radius 3 is 1.42 bits per heavy atom. The van der Waals surface area contributed by atoms with Crippen molar-refractivity contribution in [3.05, 3.63) is 0 Å². The summed E-state index contributed by atoms with van der Waals surface area (Å²) < 4.78 is 0. The molecule has 0 amide bonds. The SMILES string of the molecule is NC12CC3CC(CC(C3)C1)C2.O. The maximum atomic E-state index is 6.32. The van der Waals surface area contributed by atoms with Crippen molar-refractivity contribution < 1.29 is 5.48 Å². The third-order valence-corrected chi connectivity index (χ3v) is 4.09. The van der Waals surface area contributed by atoms with Gasteiger partial charge in [0.2, 0.25) is 0 Å². The highest BCUT2D eigenvalue weighted by molar-refractivity contribution is 5.04.